The lowest BCUT2D eigenvalue weighted by Gasteiger charge is -2.32. The van der Waals surface area contributed by atoms with Gasteiger partial charge in [0.15, 0.2) is 0 Å². The number of benzene rings is 2. The minimum Gasteiger partial charge on any atom is -0.346 e. The molecule has 2 amide bonds. The average Bonchev–Trinajstić information content (AvgIpc) is 2.85. The highest BCUT2D eigenvalue weighted by atomic mass is 35.5. The van der Waals surface area contributed by atoms with Gasteiger partial charge in [0.05, 0.1) is 18.4 Å². The molecule has 1 aliphatic heterocycles. The number of piperazine rings is 1. The molecule has 2 heterocycles. The lowest BCUT2D eigenvalue weighted by atomic mass is 10.1. The van der Waals surface area contributed by atoms with Crippen molar-refractivity contribution in [1.29, 1.82) is 0 Å². The maximum absolute atomic E-state index is 13.2. The molecule has 0 saturated carbocycles. The van der Waals surface area contributed by atoms with Crippen molar-refractivity contribution in [2.24, 2.45) is 0 Å². The first-order valence-electron chi connectivity index (χ1n) is 11.3. The molecule has 8 heteroatoms. The zero-order valence-electron chi connectivity index (χ0n) is 19.1. The predicted octanol–water partition coefficient (Wildman–Crippen LogP) is 3.53. The molecule has 2 aromatic carbocycles. The van der Waals surface area contributed by atoms with E-state index in [2.05, 4.69) is 15.6 Å². The van der Waals surface area contributed by atoms with Gasteiger partial charge in [0, 0.05) is 31.7 Å². The Kier molecular flexibility index (Phi) is 7.77. The lowest BCUT2D eigenvalue weighted by Crippen LogP contribution is -2.48. The Morgan fingerprint density at radius 3 is 2.50 bits per heavy atom. The Balaban J connectivity index is 1.40. The Hall–Kier alpha value is -3.42. The number of likely N-dealkylation sites (N-methyl/N-ethyl adjacent to an activating group) is 1. The summed E-state index contributed by atoms with van der Waals surface area (Å²) in [5.41, 5.74) is 2.64. The number of carbonyl (C=O) groups excluding carboxylic acids is 2. The van der Waals surface area contributed by atoms with Crippen LogP contribution in [0.25, 0.3) is 0 Å². The number of carbonyl (C=O) groups is 2. The van der Waals surface area contributed by atoms with Gasteiger partial charge in [-0.05, 0) is 41.8 Å². The van der Waals surface area contributed by atoms with Crippen LogP contribution < -0.4 is 15.5 Å². The van der Waals surface area contributed by atoms with Crippen molar-refractivity contribution in [3.05, 3.63) is 89.1 Å². The van der Waals surface area contributed by atoms with Crippen LogP contribution in [0.4, 0.5) is 11.5 Å². The third-order valence-corrected chi connectivity index (χ3v) is 6.12. The van der Waals surface area contributed by atoms with Gasteiger partial charge in [-0.15, -0.1) is 0 Å². The third kappa shape index (κ3) is 6.12. The molecule has 4 rings (SSSR count). The van der Waals surface area contributed by atoms with E-state index in [-0.39, 0.29) is 11.8 Å². The second kappa shape index (κ2) is 11.1. The van der Waals surface area contributed by atoms with E-state index in [1.807, 2.05) is 71.6 Å². The molecular weight excluding hydrogens is 450 g/mol. The molecule has 1 fully saturated rings. The monoisotopic (exact) mass is 477 g/mol. The highest BCUT2D eigenvalue weighted by Crippen LogP contribution is 2.19. The maximum atomic E-state index is 13.2. The number of nitrogens with one attached hydrogen (secondary N) is 2. The van der Waals surface area contributed by atoms with E-state index in [9.17, 15) is 9.59 Å². The van der Waals surface area contributed by atoms with Crippen LogP contribution in [-0.4, -0.2) is 54.9 Å². The standard InChI is InChI=1S/C26H28ClN5O2/c1-31-15-16-32(18-24(31)33)23-12-11-22(17-29-23)30-26(34)25(20-5-3-2-4-6-20)28-14-13-19-7-9-21(27)10-8-19/h2-12,17,25,28H,13-16,18H2,1H3,(H,30,34)/t25-/m0/s1. The summed E-state index contributed by atoms with van der Waals surface area (Å²) < 4.78 is 0. The van der Waals surface area contributed by atoms with Crippen molar-refractivity contribution in [3.63, 3.8) is 0 Å². The summed E-state index contributed by atoms with van der Waals surface area (Å²) in [6.45, 7) is 2.33. The molecule has 3 aromatic rings. The molecular formula is C26H28ClN5O2. The zero-order valence-corrected chi connectivity index (χ0v) is 19.8. The van der Waals surface area contributed by atoms with E-state index in [0.29, 0.717) is 30.3 Å². The molecule has 0 radical (unpaired) electrons. The van der Waals surface area contributed by atoms with Gasteiger partial charge in [-0.3, -0.25) is 9.59 Å². The van der Waals surface area contributed by atoms with E-state index in [1.54, 1.807) is 18.1 Å². The van der Waals surface area contributed by atoms with Crippen LogP contribution in [0, 0.1) is 0 Å². The highest BCUT2D eigenvalue weighted by molar-refractivity contribution is 6.30. The van der Waals surface area contributed by atoms with Gasteiger partial charge in [-0.25, -0.2) is 4.98 Å². The summed E-state index contributed by atoms with van der Waals surface area (Å²) in [6.07, 6.45) is 2.40. The molecule has 0 aliphatic carbocycles. The van der Waals surface area contributed by atoms with E-state index in [1.165, 1.54) is 0 Å². The van der Waals surface area contributed by atoms with Crippen LogP contribution in [0.15, 0.2) is 72.9 Å². The van der Waals surface area contributed by atoms with E-state index in [0.717, 1.165) is 29.9 Å². The molecule has 1 atom stereocenters. The average molecular weight is 478 g/mol. The van der Waals surface area contributed by atoms with Crippen molar-refractivity contribution >= 4 is 34.9 Å². The number of amides is 2. The minimum atomic E-state index is -0.511. The number of hydrogen-bond acceptors (Lipinski definition) is 5. The summed E-state index contributed by atoms with van der Waals surface area (Å²) in [6, 6.07) is 20.5. The first kappa shape index (κ1) is 23.7. The molecule has 0 unspecified atom stereocenters. The van der Waals surface area contributed by atoms with Crippen LogP contribution in [-0.2, 0) is 16.0 Å². The molecule has 1 aliphatic rings. The lowest BCUT2D eigenvalue weighted by molar-refractivity contribution is -0.129. The second-order valence-electron chi connectivity index (χ2n) is 8.31. The Bertz CT molecular complexity index is 1110. The van der Waals surface area contributed by atoms with E-state index >= 15 is 0 Å². The fourth-order valence-corrected chi connectivity index (χ4v) is 3.96. The molecule has 2 N–H and O–H groups in total. The third-order valence-electron chi connectivity index (χ3n) is 5.87. The van der Waals surface area contributed by atoms with E-state index < -0.39 is 6.04 Å². The molecule has 0 spiro atoms. The van der Waals surface area contributed by atoms with Gasteiger partial charge in [0.25, 0.3) is 0 Å². The number of hydrogen-bond donors (Lipinski definition) is 2. The van der Waals surface area contributed by atoms with Gasteiger partial charge in [-0.2, -0.15) is 0 Å². The van der Waals surface area contributed by atoms with Crippen LogP contribution in [0.2, 0.25) is 5.02 Å². The maximum Gasteiger partial charge on any atom is 0.246 e. The number of rotatable bonds is 8. The topological polar surface area (TPSA) is 77.6 Å². The van der Waals surface area contributed by atoms with Gasteiger partial charge < -0.3 is 20.4 Å². The summed E-state index contributed by atoms with van der Waals surface area (Å²) in [7, 11) is 1.80. The summed E-state index contributed by atoms with van der Waals surface area (Å²) in [4.78, 5) is 33.3. The van der Waals surface area contributed by atoms with Gasteiger partial charge >= 0.3 is 0 Å². The zero-order chi connectivity index (χ0) is 23.9. The van der Waals surface area contributed by atoms with Crippen LogP contribution in [0.3, 0.4) is 0 Å². The summed E-state index contributed by atoms with van der Waals surface area (Å²) in [5, 5.41) is 7.05. The number of pyridine rings is 1. The quantitative estimate of drug-likeness (QED) is 0.519. The normalized spacial score (nSPS) is 14.7. The fourth-order valence-electron chi connectivity index (χ4n) is 3.83. The second-order valence-corrected chi connectivity index (χ2v) is 8.74. The Labute approximate surface area is 204 Å². The number of aromatic nitrogens is 1. The largest absolute Gasteiger partial charge is 0.346 e. The first-order chi connectivity index (χ1) is 16.5. The summed E-state index contributed by atoms with van der Waals surface area (Å²) >= 11 is 5.97. The van der Waals surface area contributed by atoms with Crippen molar-refractivity contribution < 1.29 is 9.59 Å². The molecule has 1 aromatic heterocycles. The van der Waals surface area contributed by atoms with Crippen LogP contribution >= 0.6 is 11.6 Å². The SMILES string of the molecule is CN1CCN(c2ccc(NC(=O)[C@@H](NCCc3ccc(Cl)cc3)c3ccccc3)cn2)CC1=O. The fraction of sp³-hybridized carbons (Fsp3) is 0.269. The van der Waals surface area contributed by atoms with E-state index in [4.69, 9.17) is 11.6 Å². The number of halogens is 1. The van der Waals surface area contributed by atoms with Crippen molar-refractivity contribution in [3.8, 4) is 0 Å². The van der Waals surface area contributed by atoms with Crippen LogP contribution in [0.1, 0.15) is 17.2 Å². The number of anilines is 2. The Morgan fingerprint density at radius 2 is 1.82 bits per heavy atom. The smallest absolute Gasteiger partial charge is 0.246 e. The first-order valence-corrected chi connectivity index (χ1v) is 11.7. The predicted molar refractivity (Wildman–Crippen MR) is 135 cm³/mol. The van der Waals surface area contributed by atoms with Gasteiger partial charge in [-0.1, -0.05) is 54.1 Å². The summed E-state index contributed by atoms with van der Waals surface area (Å²) in [5.74, 6) is 0.632. The van der Waals surface area contributed by atoms with Crippen LogP contribution in [0.5, 0.6) is 0 Å². The molecule has 7 nitrogen and oxygen atoms in total. The molecule has 176 valence electrons. The van der Waals surface area contributed by atoms with Crippen molar-refractivity contribution in [2.45, 2.75) is 12.5 Å². The molecule has 34 heavy (non-hydrogen) atoms. The van der Waals surface area contributed by atoms with Gasteiger partial charge in [0.2, 0.25) is 11.8 Å². The van der Waals surface area contributed by atoms with Gasteiger partial charge in [0.1, 0.15) is 11.9 Å². The molecule has 1 saturated heterocycles. The molecule has 0 bridgehead atoms. The highest BCUT2D eigenvalue weighted by Gasteiger charge is 2.23. The minimum absolute atomic E-state index is 0.0702. The van der Waals surface area contributed by atoms with Crippen molar-refractivity contribution in [2.75, 3.05) is 43.4 Å². The Morgan fingerprint density at radius 1 is 1.06 bits per heavy atom. The number of nitrogens with zero attached hydrogens (tertiary/aromatic N) is 3. The van der Waals surface area contributed by atoms with Crippen molar-refractivity contribution in [1.82, 2.24) is 15.2 Å².